The van der Waals surface area contributed by atoms with Crippen molar-refractivity contribution in [2.45, 2.75) is 38.8 Å². The lowest BCUT2D eigenvalue weighted by Gasteiger charge is -2.25. The number of aryl methyl sites for hydroxylation is 2. The van der Waals surface area contributed by atoms with Gasteiger partial charge in [-0.2, -0.15) is 0 Å². The van der Waals surface area contributed by atoms with E-state index in [0.29, 0.717) is 19.6 Å². The van der Waals surface area contributed by atoms with Gasteiger partial charge in [0, 0.05) is 32.2 Å². The van der Waals surface area contributed by atoms with Crippen LogP contribution in [-0.4, -0.2) is 60.5 Å². The highest BCUT2D eigenvalue weighted by atomic mass is 16.5. The minimum absolute atomic E-state index is 0.00711. The van der Waals surface area contributed by atoms with Crippen LogP contribution in [0.4, 0.5) is 0 Å². The fourth-order valence-corrected chi connectivity index (χ4v) is 3.92. The van der Waals surface area contributed by atoms with Gasteiger partial charge in [0.15, 0.2) is 0 Å². The van der Waals surface area contributed by atoms with Crippen LogP contribution in [0.1, 0.15) is 34.3 Å². The van der Waals surface area contributed by atoms with E-state index in [1.165, 1.54) is 0 Å². The number of hydrogen-bond donors (Lipinski definition) is 0. The smallest absolute Gasteiger partial charge is 0.254 e. The number of benzene rings is 1. The minimum atomic E-state index is 0.00711. The number of fused-ring (bicyclic) bond motifs is 1. The maximum atomic E-state index is 12.9. The maximum Gasteiger partial charge on any atom is 0.254 e. The normalized spacial score (nSPS) is 23.5. The monoisotopic (exact) mass is 316 g/mol. The number of carbonyl (C=O) groups excluding carboxylic acids is 2. The van der Waals surface area contributed by atoms with Gasteiger partial charge in [-0.3, -0.25) is 9.59 Å². The number of hydrogen-bond acceptors (Lipinski definition) is 3. The Bertz CT molecular complexity index is 608. The Kier molecular flexibility index (Phi) is 4.39. The van der Waals surface area contributed by atoms with Gasteiger partial charge in [0.05, 0.1) is 18.7 Å². The average molecular weight is 316 g/mol. The number of carbonyl (C=O) groups is 2. The molecule has 2 amide bonds. The minimum Gasteiger partial charge on any atom is -0.383 e. The molecule has 2 heterocycles. The van der Waals surface area contributed by atoms with Crippen molar-refractivity contribution in [1.82, 2.24) is 9.80 Å². The lowest BCUT2D eigenvalue weighted by molar-refractivity contribution is -0.129. The molecule has 2 atom stereocenters. The second kappa shape index (κ2) is 6.32. The molecule has 2 aliphatic heterocycles. The Morgan fingerprint density at radius 3 is 2.57 bits per heavy atom. The number of rotatable bonds is 4. The summed E-state index contributed by atoms with van der Waals surface area (Å²) in [4.78, 5) is 28.9. The Morgan fingerprint density at radius 1 is 1.22 bits per heavy atom. The molecule has 2 aliphatic rings. The van der Waals surface area contributed by atoms with Crippen LogP contribution in [0.15, 0.2) is 18.2 Å². The Labute approximate surface area is 137 Å². The first-order valence-electron chi connectivity index (χ1n) is 8.19. The van der Waals surface area contributed by atoms with Gasteiger partial charge in [-0.1, -0.05) is 17.2 Å². The van der Waals surface area contributed by atoms with E-state index < -0.39 is 0 Å². The average Bonchev–Trinajstić information content (AvgIpc) is 3.02. The van der Waals surface area contributed by atoms with E-state index in [1.807, 2.05) is 35.8 Å². The Morgan fingerprint density at radius 2 is 1.91 bits per heavy atom. The number of ether oxygens (including phenoxy) is 1. The van der Waals surface area contributed by atoms with E-state index in [0.717, 1.165) is 29.7 Å². The Balaban J connectivity index is 1.78. The van der Waals surface area contributed by atoms with Crippen LogP contribution in [0.2, 0.25) is 0 Å². The van der Waals surface area contributed by atoms with Crippen LogP contribution < -0.4 is 0 Å². The molecule has 0 radical (unpaired) electrons. The van der Waals surface area contributed by atoms with E-state index >= 15 is 0 Å². The molecule has 1 aromatic rings. The summed E-state index contributed by atoms with van der Waals surface area (Å²) < 4.78 is 5.10. The van der Waals surface area contributed by atoms with Gasteiger partial charge in [0.25, 0.3) is 5.91 Å². The molecule has 3 rings (SSSR count). The second-order valence-electron chi connectivity index (χ2n) is 6.58. The zero-order valence-electron chi connectivity index (χ0n) is 14.0. The summed E-state index contributed by atoms with van der Waals surface area (Å²) in [6, 6.07) is 6.08. The van der Waals surface area contributed by atoms with Gasteiger partial charge in [-0.05, 0) is 32.4 Å². The van der Waals surface area contributed by atoms with Crippen LogP contribution in [0, 0.1) is 13.8 Å². The molecule has 5 heteroatoms. The SMILES string of the molecule is COCCN1C(=O)C[C@@H]2[C@@H]1CCN2C(=O)c1cc(C)cc(C)c1. The first kappa shape index (κ1) is 16.0. The molecule has 0 aliphatic carbocycles. The van der Waals surface area contributed by atoms with Crippen molar-refractivity contribution in [3.05, 3.63) is 34.9 Å². The number of amides is 2. The zero-order chi connectivity index (χ0) is 16.6. The summed E-state index contributed by atoms with van der Waals surface area (Å²) in [5, 5.41) is 0. The van der Waals surface area contributed by atoms with E-state index in [4.69, 9.17) is 4.74 Å². The van der Waals surface area contributed by atoms with Crippen molar-refractivity contribution in [3.63, 3.8) is 0 Å². The third-order valence-electron chi connectivity index (χ3n) is 4.88. The maximum absolute atomic E-state index is 12.9. The lowest BCUT2D eigenvalue weighted by Crippen LogP contribution is -2.40. The quantitative estimate of drug-likeness (QED) is 0.850. The molecule has 124 valence electrons. The highest BCUT2D eigenvalue weighted by molar-refractivity contribution is 5.96. The van der Waals surface area contributed by atoms with E-state index in [2.05, 4.69) is 6.07 Å². The Hall–Kier alpha value is -1.88. The topological polar surface area (TPSA) is 49.9 Å². The summed E-state index contributed by atoms with van der Waals surface area (Å²) in [7, 11) is 1.64. The van der Waals surface area contributed by atoms with E-state index in [1.54, 1.807) is 7.11 Å². The summed E-state index contributed by atoms with van der Waals surface area (Å²) in [6.07, 6.45) is 1.29. The molecular formula is C18H24N2O3. The van der Waals surface area contributed by atoms with Crippen LogP contribution in [0.5, 0.6) is 0 Å². The molecule has 0 bridgehead atoms. The molecule has 23 heavy (non-hydrogen) atoms. The van der Waals surface area contributed by atoms with Gasteiger partial charge >= 0.3 is 0 Å². The van der Waals surface area contributed by atoms with Gasteiger partial charge < -0.3 is 14.5 Å². The van der Waals surface area contributed by atoms with Gasteiger partial charge in [0.2, 0.25) is 5.91 Å². The molecule has 2 saturated heterocycles. The second-order valence-corrected chi connectivity index (χ2v) is 6.58. The van der Waals surface area contributed by atoms with Crippen LogP contribution in [0.25, 0.3) is 0 Å². The summed E-state index contributed by atoms with van der Waals surface area (Å²) in [6.45, 7) is 5.88. The first-order chi connectivity index (χ1) is 11.0. The fourth-order valence-electron chi connectivity index (χ4n) is 3.92. The molecule has 0 saturated carbocycles. The van der Waals surface area contributed by atoms with E-state index in [-0.39, 0.29) is 23.9 Å². The third kappa shape index (κ3) is 2.98. The fraction of sp³-hybridized carbons (Fsp3) is 0.556. The van der Waals surface area contributed by atoms with Crippen molar-refractivity contribution in [3.8, 4) is 0 Å². The molecule has 0 N–H and O–H groups in total. The predicted octanol–water partition coefficient (Wildman–Crippen LogP) is 1.77. The largest absolute Gasteiger partial charge is 0.383 e. The van der Waals surface area contributed by atoms with E-state index in [9.17, 15) is 9.59 Å². The molecular weight excluding hydrogens is 292 g/mol. The van der Waals surface area contributed by atoms with Gasteiger partial charge in [-0.15, -0.1) is 0 Å². The predicted molar refractivity (Wildman–Crippen MR) is 87.4 cm³/mol. The van der Waals surface area contributed by atoms with Crippen molar-refractivity contribution in [2.24, 2.45) is 0 Å². The highest BCUT2D eigenvalue weighted by Gasteiger charge is 2.48. The van der Waals surface area contributed by atoms with Crippen molar-refractivity contribution in [2.75, 3.05) is 26.8 Å². The molecule has 5 nitrogen and oxygen atoms in total. The number of nitrogens with zero attached hydrogens (tertiary/aromatic N) is 2. The molecule has 0 unspecified atom stereocenters. The molecule has 0 spiro atoms. The summed E-state index contributed by atoms with van der Waals surface area (Å²) in [5.41, 5.74) is 2.91. The lowest BCUT2D eigenvalue weighted by atomic mass is 10.1. The number of likely N-dealkylation sites (tertiary alicyclic amines) is 2. The standard InChI is InChI=1S/C18H24N2O3/c1-12-8-13(2)10-14(9-12)18(22)20-5-4-15-16(20)11-17(21)19(15)6-7-23-3/h8-10,15-16H,4-7,11H2,1-3H3/t15-,16+/m0/s1. The van der Waals surface area contributed by atoms with Crippen LogP contribution in [0.3, 0.4) is 0 Å². The molecule has 1 aromatic carbocycles. The van der Waals surface area contributed by atoms with Gasteiger partial charge in [0.1, 0.15) is 0 Å². The number of methoxy groups -OCH3 is 1. The van der Waals surface area contributed by atoms with Crippen molar-refractivity contribution < 1.29 is 14.3 Å². The van der Waals surface area contributed by atoms with Gasteiger partial charge in [-0.25, -0.2) is 0 Å². The van der Waals surface area contributed by atoms with Crippen molar-refractivity contribution in [1.29, 1.82) is 0 Å². The first-order valence-corrected chi connectivity index (χ1v) is 8.19. The highest BCUT2D eigenvalue weighted by Crippen LogP contribution is 2.33. The molecule has 2 fully saturated rings. The molecule has 0 aromatic heterocycles. The van der Waals surface area contributed by atoms with Crippen LogP contribution in [-0.2, 0) is 9.53 Å². The van der Waals surface area contributed by atoms with Crippen LogP contribution >= 0.6 is 0 Å². The summed E-state index contributed by atoms with van der Waals surface area (Å²) in [5.74, 6) is 0.181. The zero-order valence-corrected chi connectivity index (χ0v) is 14.0. The summed E-state index contributed by atoms with van der Waals surface area (Å²) >= 11 is 0. The van der Waals surface area contributed by atoms with Crippen molar-refractivity contribution >= 4 is 11.8 Å². The third-order valence-corrected chi connectivity index (χ3v) is 4.88.